The quantitative estimate of drug-likeness (QED) is 0.315. The van der Waals surface area contributed by atoms with E-state index in [2.05, 4.69) is 16.2 Å². The van der Waals surface area contributed by atoms with Crippen molar-refractivity contribution in [2.24, 2.45) is 0 Å². The van der Waals surface area contributed by atoms with Crippen LogP contribution in [0.3, 0.4) is 0 Å². The molecular formula is C22H16N4S2. The van der Waals surface area contributed by atoms with Gasteiger partial charge in [0.25, 0.3) is 0 Å². The molecule has 2 aromatic heterocycles. The van der Waals surface area contributed by atoms with Crippen LogP contribution in [0.25, 0.3) is 16.5 Å². The van der Waals surface area contributed by atoms with Crippen molar-refractivity contribution in [3.05, 3.63) is 95.9 Å². The van der Waals surface area contributed by atoms with Gasteiger partial charge >= 0.3 is 0 Å². The maximum absolute atomic E-state index is 9.76. The van der Waals surface area contributed by atoms with E-state index in [1.165, 1.54) is 0 Å². The topological polar surface area (TPSA) is 51.1 Å². The van der Waals surface area contributed by atoms with Crippen molar-refractivity contribution >= 4 is 40.3 Å². The number of benzene rings is 1. The van der Waals surface area contributed by atoms with Gasteiger partial charge in [0.2, 0.25) is 6.04 Å². The lowest BCUT2D eigenvalue weighted by atomic mass is 9.82. The average molecular weight is 401 g/mol. The Bertz CT molecular complexity index is 1070. The van der Waals surface area contributed by atoms with Crippen LogP contribution in [0.4, 0.5) is 0 Å². The number of thiocarbonyl (C=S) groups is 2. The van der Waals surface area contributed by atoms with Crippen LogP contribution >= 0.6 is 24.4 Å². The Morgan fingerprint density at radius 3 is 2.21 bits per heavy atom. The number of piperidine rings is 1. The molecule has 0 unspecified atom stereocenters. The number of rotatable bonds is 3. The molecule has 4 nitrogen and oxygen atoms in total. The highest BCUT2D eigenvalue weighted by Gasteiger charge is 2.42. The summed E-state index contributed by atoms with van der Waals surface area (Å²) in [6.45, 7) is 0. The normalized spacial score (nSPS) is 19.1. The van der Waals surface area contributed by atoms with Gasteiger partial charge in [-0.2, -0.15) is 4.57 Å². The monoisotopic (exact) mass is 400 g/mol. The fourth-order valence-electron chi connectivity index (χ4n) is 3.50. The standard InChI is InChI=1S/C22H16N4S2/c23-14-18-19(17-4-2-1-3-5-17)20(22(28)25-21(18)27)26-12-8-16(9-13-26)15-6-10-24-11-7-15/h1-13,19-20H,(H,25,27,28)/t19-,20+/m0/s1. The molecule has 3 heterocycles. The zero-order valence-electron chi connectivity index (χ0n) is 14.8. The summed E-state index contributed by atoms with van der Waals surface area (Å²) < 4.78 is 2.04. The summed E-state index contributed by atoms with van der Waals surface area (Å²) in [6, 6.07) is 17.7. The lowest BCUT2D eigenvalue weighted by Crippen LogP contribution is -2.56. The Morgan fingerprint density at radius 1 is 0.929 bits per heavy atom. The lowest BCUT2D eigenvalue weighted by Gasteiger charge is -2.32. The third kappa shape index (κ3) is 3.41. The fraction of sp³-hybridized carbons (Fsp3) is 0.0909. The van der Waals surface area contributed by atoms with Crippen molar-refractivity contribution in [1.82, 2.24) is 10.3 Å². The zero-order chi connectivity index (χ0) is 19.5. The Morgan fingerprint density at radius 2 is 1.57 bits per heavy atom. The first-order valence-corrected chi connectivity index (χ1v) is 9.59. The van der Waals surface area contributed by atoms with E-state index < -0.39 is 0 Å². The first-order chi connectivity index (χ1) is 13.7. The second-order valence-corrected chi connectivity index (χ2v) is 7.30. The van der Waals surface area contributed by atoms with Gasteiger partial charge in [0.15, 0.2) is 17.4 Å². The minimum absolute atomic E-state index is 0.231. The highest BCUT2D eigenvalue weighted by Crippen LogP contribution is 2.35. The van der Waals surface area contributed by atoms with Crippen molar-refractivity contribution in [2.75, 3.05) is 0 Å². The molecule has 1 saturated heterocycles. The van der Waals surface area contributed by atoms with Crippen LogP contribution in [0.1, 0.15) is 17.5 Å². The molecule has 0 spiro atoms. The van der Waals surface area contributed by atoms with Crippen molar-refractivity contribution in [3.63, 3.8) is 0 Å². The van der Waals surface area contributed by atoms with Gasteiger partial charge in [-0.3, -0.25) is 10.9 Å². The molecule has 0 aliphatic carbocycles. The summed E-state index contributed by atoms with van der Waals surface area (Å²) >= 11 is 11.0. The van der Waals surface area contributed by atoms with E-state index in [1.54, 1.807) is 12.4 Å². The first-order valence-electron chi connectivity index (χ1n) is 8.77. The molecule has 3 aromatic rings. The van der Waals surface area contributed by atoms with Gasteiger partial charge in [-0.1, -0.05) is 54.8 Å². The van der Waals surface area contributed by atoms with E-state index in [0.29, 0.717) is 15.6 Å². The molecule has 28 heavy (non-hydrogen) atoms. The number of hydrogen-bond donors (Lipinski definition) is 1. The molecule has 4 rings (SSSR count). The van der Waals surface area contributed by atoms with Crippen LogP contribution in [0, 0.1) is 0 Å². The van der Waals surface area contributed by atoms with E-state index in [1.807, 2.05) is 71.6 Å². The molecule has 136 valence electrons. The number of nitrogens with one attached hydrogen (secondary N) is 1. The Balaban J connectivity index is 1.78. The third-order valence-electron chi connectivity index (χ3n) is 4.84. The summed E-state index contributed by atoms with van der Waals surface area (Å²) in [5.41, 5.74) is 3.73. The lowest BCUT2D eigenvalue weighted by molar-refractivity contribution is -0.708. The maximum atomic E-state index is 9.76. The highest BCUT2D eigenvalue weighted by molar-refractivity contribution is 7.82. The second-order valence-electron chi connectivity index (χ2n) is 6.45. The van der Waals surface area contributed by atoms with Gasteiger partial charge in [0.1, 0.15) is 4.99 Å². The number of nitrogens with zero attached hydrogens (tertiary/aromatic N) is 3. The predicted molar refractivity (Wildman–Crippen MR) is 118 cm³/mol. The summed E-state index contributed by atoms with van der Waals surface area (Å²) in [4.78, 5) is 5.08. The van der Waals surface area contributed by atoms with E-state index >= 15 is 0 Å². The van der Waals surface area contributed by atoms with E-state index in [4.69, 9.17) is 24.4 Å². The number of pyridine rings is 2. The van der Waals surface area contributed by atoms with Crippen LogP contribution in [0.2, 0.25) is 0 Å². The molecule has 1 N–H and O–H groups in total. The van der Waals surface area contributed by atoms with Crippen molar-refractivity contribution in [3.8, 4) is 11.1 Å². The number of hydrogen-bond acceptors (Lipinski definition) is 3. The van der Waals surface area contributed by atoms with Gasteiger partial charge in [-0.05, 0) is 28.8 Å². The SMILES string of the molecule is [N-]=C=C1C(=S)NC(=S)[C@H]([n+]2ccc(-c3ccncc3)cc2)[C@H]1c1ccccc1. The Labute approximate surface area is 174 Å². The molecule has 1 aliphatic heterocycles. The van der Waals surface area contributed by atoms with Crippen LogP contribution in [-0.2, 0) is 0 Å². The van der Waals surface area contributed by atoms with Gasteiger partial charge in [-0.15, -0.1) is 0 Å². The molecule has 0 bridgehead atoms. The molecule has 1 aliphatic rings. The molecule has 1 aromatic carbocycles. The molecule has 0 amide bonds. The molecule has 2 atom stereocenters. The minimum atomic E-state index is -0.232. The summed E-state index contributed by atoms with van der Waals surface area (Å²) in [7, 11) is 0. The van der Waals surface area contributed by atoms with Crippen molar-refractivity contribution < 1.29 is 4.57 Å². The minimum Gasteiger partial charge on any atom is -0.763 e. The highest BCUT2D eigenvalue weighted by atomic mass is 32.1. The molecule has 1 fully saturated rings. The molecule has 0 radical (unpaired) electrons. The second kappa shape index (κ2) is 7.90. The average Bonchev–Trinajstić information content (AvgIpc) is 2.75. The molecule has 6 heteroatoms. The molecule has 0 saturated carbocycles. The third-order valence-corrected chi connectivity index (χ3v) is 5.51. The van der Waals surface area contributed by atoms with Crippen LogP contribution in [0.5, 0.6) is 0 Å². The Hall–Kier alpha value is -3.05. The smallest absolute Gasteiger partial charge is 0.219 e. The van der Waals surface area contributed by atoms with Crippen molar-refractivity contribution in [2.45, 2.75) is 12.0 Å². The zero-order valence-corrected chi connectivity index (χ0v) is 16.5. The van der Waals surface area contributed by atoms with E-state index in [-0.39, 0.29) is 12.0 Å². The van der Waals surface area contributed by atoms with Crippen molar-refractivity contribution in [1.29, 1.82) is 0 Å². The van der Waals surface area contributed by atoms with Crippen LogP contribution < -0.4 is 9.88 Å². The predicted octanol–water partition coefficient (Wildman–Crippen LogP) is 3.78. The first kappa shape index (κ1) is 18.3. The van der Waals surface area contributed by atoms with E-state index in [0.717, 1.165) is 16.7 Å². The van der Waals surface area contributed by atoms with Gasteiger partial charge in [0.05, 0.1) is 5.92 Å². The largest absolute Gasteiger partial charge is 0.763 e. The molecular weight excluding hydrogens is 384 g/mol. The van der Waals surface area contributed by atoms with Crippen LogP contribution in [0.15, 0.2) is 85.0 Å². The fourth-order valence-corrected chi connectivity index (χ4v) is 4.21. The summed E-state index contributed by atoms with van der Waals surface area (Å²) in [5.74, 6) is 2.06. The van der Waals surface area contributed by atoms with Gasteiger partial charge < -0.3 is 10.7 Å². The maximum Gasteiger partial charge on any atom is 0.219 e. The summed E-state index contributed by atoms with van der Waals surface area (Å²) in [5, 5.41) is 12.8. The summed E-state index contributed by atoms with van der Waals surface area (Å²) in [6.07, 6.45) is 7.54. The van der Waals surface area contributed by atoms with Crippen LogP contribution in [-0.4, -0.2) is 20.8 Å². The Kier molecular flexibility index (Phi) is 5.17. The van der Waals surface area contributed by atoms with E-state index in [9.17, 15) is 5.41 Å². The van der Waals surface area contributed by atoms with Gasteiger partial charge in [0, 0.05) is 30.1 Å². The van der Waals surface area contributed by atoms with Gasteiger partial charge in [-0.25, -0.2) is 0 Å². The number of aromatic nitrogens is 2.